The van der Waals surface area contributed by atoms with Crippen molar-refractivity contribution in [3.63, 3.8) is 0 Å². The predicted octanol–water partition coefficient (Wildman–Crippen LogP) is 1.72. The van der Waals surface area contributed by atoms with E-state index >= 15 is 0 Å². The second-order valence-electron chi connectivity index (χ2n) is 2.39. The number of carboxylic acid groups (broad SMARTS) is 1. The molecule has 0 aliphatic carbocycles. The Hall–Kier alpha value is -1.30. The number of alkyl halides is 2. The molecule has 3 nitrogen and oxygen atoms in total. The second-order valence-corrected chi connectivity index (χ2v) is 3.81. The number of rotatable bonds is 3. The molecule has 0 saturated heterocycles. The van der Waals surface area contributed by atoms with E-state index in [1.807, 2.05) is 0 Å². The zero-order valence-electron chi connectivity index (χ0n) is 6.81. The number of aromatic carboxylic acids is 1. The maximum absolute atomic E-state index is 12.0. The fraction of sp³-hybridized carbons (Fsp3) is 0.125. The molecule has 1 atom stereocenters. The largest absolute Gasteiger partial charge is 0.478 e. The van der Waals surface area contributed by atoms with E-state index in [9.17, 15) is 17.8 Å². The van der Waals surface area contributed by atoms with Gasteiger partial charge in [-0.2, -0.15) is 8.78 Å². The van der Waals surface area contributed by atoms with Crippen molar-refractivity contribution >= 4 is 16.8 Å². The van der Waals surface area contributed by atoms with Gasteiger partial charge in [-0.3, -0.25) is 0 Å². The second kappa shape index (κ2) is 4.28. The summed E-state index contributed by atoms with van der Waals surface area (Å²) in [6, 6.07) is 4.70. The van der Waals surface area contributed by atoms with Gasteiger partial charge in [-0.15, -0.1) is 0 Å². The van der Waals surface area contributed by atoms with Crippen molar-refractivity contribution in [1.82, 2.24) is 0 Å². The van der Waals surface area contributed by atoms with Crippen molar-refractivity contribution in [2.75, 3.05) is 0 Å². The molecule has 0 bridgehead atoms. The molecule has 0 fully saturated rings. The summed E-state index contributed by atoms with van der Waals surface area (Å²) < 4.78 is 34.9. The monoisotopic (exact) mass is 220 g/mol. The molecule has 1 unspecified atom stereocenters. The molecule has 6 heteroatoms. The summed E-state index contributed by atoms with van der Waals surface area (Å²) in [5.74, 6) is -4.24. The van der Waals surface area contributed by atoms with E-state index in [1.165, 1.54) is 18.2 Å². The molecule has 0 amide bonds. The van der Waals surface area contributed by atoms with Crippen molar-refractivity contribution in [1.29, 1.82) is 0 Å². The maximum atomic E-state index is 12.0. The molecule has 1 N–H and O–H groups in total. The van der Waals surface area contributed by atoms with Crippen molar-refractivity contribution in [3.05, 3.63) is 29.8 Å². The standard InChI is InChI=1S/C8H6F2O3S/c9-8(10)14(13)6-3-1-2-5(4-6)7(11)12/h1-4,8H,(H,11,12). The lowest BCUT2D eigenvalue weighted by atomic mass is 10.2. The van der Waals surface area contributed by atoms with Crippen LogP contribution in [0.25, 0.3) is 0 Å². The topological polar surface area (TPSA) is 54.4 Å². The Morgan fingerprint density at radius 1 is 1.43 bits per heavy atom. The number of hydrogen-bond acceptors (Lipinski definition) is 2. The van der Waals surface area contributed by atoms with Gasteiger partial charge in [-0.05, 0) is 18.2 Å². The minimum atomic E-state index is -3.00. The molecular formula is C8H6F2O3S. The number of carboxylic acids is 1. The van der Waals surface area contributed by atoms with Crippen LogP contribution in [-0.4, -0.2) is 21.0 Å². The minimum absolute atomic E-state index is 0.156. The highest BCUT2D eigenvalue weighted by atomic mass is 32.2. The summed E-state index contributed by atoms with van der Waals surface area (Å²) in [5.41, 5.74) is -0.156. The molecule has 0 saturated carbocycles. The van der Waals surface area contributed by atoms with Crippen LogP contribution in [0.15, 0.2) is 29.2 Å². The normalized spacial score (nSPS) is 12.8. The molecule has 0 spiro atoms. The number of carbonyl (C=O) groups is 1. The van der Waals surface area contributed by atoms with Crippen LogP contribution in [0.5, 0.6) is 0 Å². The smallest absolute Gasteiger partial charge is 0.335 e. The Balaban J connectivity index is 3.06. The van der Waals surface area contributed by atoms with Gasteiger partial charge < -0.3 is 5.11 Å². The van der Waals surface area contributed by atoms with Gasteiger partial charge >= 0.3 is 11.7 Å². The summed E-state index contributed by atoms with van der Waals surface area (Å²) in [6.07, 6.45) is 0. The van der Waals surface area contributed by atoms with Crippen molar-refractivity contribution < 1.29 is 22.9 Å². The molecule has 1 aromatic carbocycles. The van der Waals surface area contributed by atoms with Gasteiger partial charge in [-0.25, -0.2) is 9.00 Å². The van der Waals surface area contributed by atoms with Crippen LogP contribution < -0.4 is 0 Å². The molecule has 14 heavy (non-hydrogen) atoms. The third-order valence-electron chi connectivity index (χ3n) is 1.48. The molecule has 0 aromatic heterocycles. The maximum Gasteiger partial charge on any atom is 0.335 e. The molecule has 1 rings (SSSR count). The Morgan fingerprint density at radius 2 is 2.07 bits per heavy atom. The van der Waals surface area contributed by atoms with E-state index in [0.29, 0.717) is 0 Å². The van der Waals surface area contributed by atoms with Crippen LogP contribution in [0.3, 0.4) is 0 Å². The summed E-state index contributed by atoms with van der Waals surface area (Å²) in [4.78, 5) is 10.3. The SMILES string of the molecule is O=C(O)c1cccc(S(=O)C(F)F)c1. The van der Waals surface area contributed by atoms with Gasteiger partial charge in [0.1, 0.15) is 10.8 Å². The number of hydrogen-bond donors (Lipinski definition) is 1. The fourth-order valence-electron chi connectivity index (χ4n) is 0.857. The first kappa shape index (κ1) is 10.8. The highest BCUT2D eigenvalue weighted by molar-refractivity contribution is 7.85. The van der Waals surface area contributed by atoms with Gasteiger partial charge in [0.25, 0.3) is 0 Å². The molecular weight excluding hydrogens is 214 g/mol. The summed E-state index contributed by atoms with van der Waals surface area (Å²) in [7, 11) is -2.46. The van der Waals surface area contributed by atoms with E-state index < -0.39 is 22.5 Å². The zero-order chi connectivity index (χ0) is 10.7. The first-order valence-corrected chi connectivity index (χ1v) is 4.76. The Morgan fingerprint density at radius 3 is 2.57 bits per heavy atom. The third kappa shape index (κ3) is 2.35. The van der Waals surface area contributed by atoms with Gasteiger partial charge in [0.05, 0.1) is 5.56 Å². The van der Waals surface area contributed by atoms with E-state index in [-0.39, 0.29) is 10.5 Å². The fourth-order valence-corrected chi connectivity index (χ4v) is 1.52. The van der Waals surface area contributed by atoms with Crippen molar-refractivity contribution in [2.24, 2.45) is 0 Å². The molecule has 0 heterocycles. The average Bonchev–Trinajstić information content (AvgIpc) is 2.16. The van der Waals surface area contributed by atoms with E-state index in [0.717, 1.165) is 6.07 Å². The van der Waals surface area contributed by atoms with Crippen LogP contribution in [0.4, 0.5) is 8.78 Å². The lowest BCUT2D eigenvalue weighted by molar-refractivity contribution is 0.0696. The van der Waals surface area contributed by atoms with Crippen LogP contribution >= 0.6 is 0 Å². The van der Waals surface area contributed by atoms with Gasteiger partial charge in [-0.1, -0.05) is 6.07 Å². The molecule has 0 aliphatic rings. The van der Waals surface area contributed by atoms with Crippen molar-refractivity contribution in [2.45, 2.75) is 10.7 Å². The van der Waals surface area contributed by atoms with Gasteiger partial charge in [0.15, 0.2) is 0 Å². The van der Waals surface area contributed by atoms with Crippen molar-refractivity contribution in [3.8, 4) is 0 Å². The predicted molar refractivity (Wildman–Crippen MR) is 45.8 cm³/mol. The Kier molecular flexibility index (Phi) is 3.29. The molecule has 0 aliphatic heterocycles. The van der Waals surface area contributed by atoms with Crippen LogP contribution in [-0.2, 0) is 10.8 Å². The molecule has 1 aromatic rings. The molecule has 0 radical (unpaired) electrons. The van der Waals surface area contributed by atoms with Gasteiger partial charge in [0, 0.05) is 4.90 Å². The first-order valence-electron chi connectivity index (χ1n) is 3.54. The Bertz CT molecular complexity index is 379. The summed E-state index contributed by atoms with van der Waals surface area (Å²) in [5, 5.41) is 8.54. The third-order valence-corrected chi connectivity index (χ3v) is 2.52. The lowest BCUT2D eigenvalue weighted by Gasteiger charge is -2.01. The average molecular weight is 220 g/mol. The minimum Gasteiger partial charge on any atom is -0.478 e. The van der Waals surface area contributed by atoms with E-state index in [4.69, 9.17) is 5.11 Å². The van der Waals surface area contributed by atoms with E-state index in [2.05, 4.69) is 0 Å². The lowest BCUT2D eigenvalue weighted by Crippen LogP contribution is -2.04. The Labute approximate surface area is 80.8 Å². The van der Waals surface area contributed by atoms with Crippen LogP contribution in [0, 0.1) is 0 Å². The number of halogens is 2. The first-order chi connectivity index (χ1) is 6.52. The molecule has 76 valence electrons. The van der Waals surface area contributed by atoms with Gasteiger partial charge in [0.2, 0.25) is 0 Å². The number of benzene rings is 1. The van der Waals surface area contributed by atoms with Crippen LogP contribution in [0.2, 0.25) is 0 Å². The summed E-state index contributed by atoms with van der Waals surface area (Å²) >= 11 is 0. The summed E-state index contributed by atoms with van der Waals surface area (Å²) in [6.45, 7) is 0. The zero-order valence-corrected chi connectivity index (χ0v) is 7.63. The highest BCUT2D eigenvalue weighted by Gasteiger charge is 2.16. The van der Waals surface area contributed by atoms with E-state index in [1.54, 1.807) is 0 Å². The van der Waals surface area contributed by atoms with Crippen LogP contribution in [0.1, 0.15) is 10.4 Å². The highest BCUT2D eigenvalue weighted by Crippen LogP contribution is 2.15. The quantitative estimate of drug-likeness (QED) is 0.843.